The lowest BCUT2D eigenvalue weighted by molar-refractivity contribution is 0.739. The van der Waals surface area contributed by atoms with E-state index in [4.69, 9.17) is 12.2 Å². The van der Waals surface area contributed by atoms with E-state index in [0.29, 0.717) is 21.6 Å². The highest BCUT2D eigenvalue weighted by molar-refractivity contribution is 7.71. The molecule has 0 fully saturated rings. The Morgan fingerprint density at radius 3 is 2.69 bits per heavy atom. The number of aryl methyl sites for hydroxylation is 1. The molecule has 1 N–H and O–H groups in total. The average Bonchev–Trinajstić information content (AvgIpc) is 3.04. The van der Waals surface area contributed by atoms with Gasteiger partial charge in [-0.05, 0) is 44.0 Å². The predicted octanol–water partition coefficient (Wildman–Crippen LogP) is 4.23. The van der Waals surface area contributed by atoms with E-state index >= 15 is 0 Å². The second kappa shape index (κ2) is 6.63. The van der Waals surface area contributed by atoms with E-state index in [1.54, 1.807) is 10.9 Å². The van der Waals surface area contributed by atoms with E-state index in [1.807, 2.05) is 49.4 Å². The van der Waals surface area contributed by atoms with Crippen LogP contribution in [-0.2, 0) is 6.42 Å². The number of nitrogens with one attached hydrogen (secondary N) is 1. The van der Waals surface area contributed by atoms with Crippen molar-refractivity contribution >= 4 is 34.9 Å². The maximum absolute atomic E-state index is 13.0. The third kappa shape index (κ3) is 2.86. The molecule has 1 aliphatic rings. The minimum Gasteiger partial charge on any atom is -0.309 e. The van der Waals surface area contributed by atoms with Gasteiger partial charge in [0.2, 0.25) is 5.95 Å². The summed E-state index contributed by atoms with van der Waals surface area (Å²) in [6.07, 6.45) is 2.53. The summed E-state index contributed by atoms with van der Waals surface area (Å²) in [5.41, 5.74) is 4.39. The standard InChI is InChI=1S/C22H19N5OS/c1-13-7-9-16(10-8-13)26-12-23-19-18(21(26)29)20(28)25-22(24-19)27-14(2)11-15-5-3-4-6-17(15)27/h3-10,12,14H,11H2,1-2H3,(H,24,25,28). The molecule has 0 saturated heterocycles. The van der Waals surface area contributed by atoms with Crippen LogP contribution in [0.5, 0.6) is 0 Å². The van der Waals surface area contributed by atoms with E-state index in [2.05, 4.69) is 32.8 Å². The van der Waals surface area contributed by atoms with Gasteiger partial charge in [0.1, 0.15) is 16.4 Å². The van der Waals surface area contributed by atoms with Crippen LogP contribution in [0.25, 0.3) is 16.7 Å². The summed E-state index contributed by atoms with van der Waals surface area (Å²) >= 11 is 5.61. The van der Waals surface area contributed by atoms with Crippen LogP contribution in [0.2, 0.25) is 0 Å². The molecule has 7 heteroatoms. The molecule has 6 nitrogen and oxygen atoms in total. The summed E-state index contributed by atoms with van der Waals surface area (Å²) in [6, 6.07) is 16.3. The van der Waals surface area contributed by atoms with Crippen molar-refractivity contribution in [1.29, 1.82) is 0 Å². The van der Waals surface area contributed by atoms with Crippen LogP contribution in [0.15, 0.2) is 59.7 Å². The Balaban J connectivity index is 1.67. The van der Waals surface area contributed by atoms with Gasteiger partial charge in [-0.15, -0.1) is 0 Å². The third-order valence-corrected chi connectivity index (χ3v) is 5.76. The Bertz CT molecular complexity index is 1360. The Morgan fingerprint density at radius 1 is 1.14 bits per heavy atom. The quantitative estimate of drug-likeness (QED) is 0.509. The molecule has 0 spiro atoms. The van der Waals surface area contributed by atoms with Gasteiger partial charge in [0, 0.05) is 17.4 Å². The highest BCUT2D eigenvalue weighted by Crippen LogP contribution is 2.36. The van der Waals surface area contributed by atoms with Gasteiger partial charge in [-0.1, -0.05) is 48.1 Å². The number of H-pyrrole nitrogens is 1. The normalized spacial score (nSPS) is 15.7. The average molecular weight is 401 g/mol. The fourth-order valence-corrected chi connectivity index (χ4v) is 4.25. The molecule has 1 unspecified atom stereocenters. The van der Waals surface area contributed by atoms with Crippen molar-refractivity contribution in [2.75, 3.05) is 4.90 Å². The van der Waals surface area contributed by atoms with Gasteiger partial charge in [0.25, 0.3) is 5.56 Å². The van der Waals surface area contributed by atoms with Gasteiger partial charge in [-0.3, -0.25) is 14.3 Å². The zero-order valence-electron chi connectivity index (χ0n) is 16.1. The van der Waals surface area contributed by atoms with Crippen LogP contribution in [0.3, 0.4) is 0 Å². The topological polar surface area (TPSA) is 66.8 Å². The minimum absolute atomic E-state index is 0.192. The maximum Gasteiger partial charge on any atom is 0.264 e. The van der Waals surface area contributed by atoms with E-state index < -0.39 is 0 Å². The summed E-state index contributed by atoms with van der Waals surface area (Å²) in [5, 5.41) is 0.326. The van der Waals surface area contributed by atoms with Crippen LogP contribution in [-0.4, -0.2) is 25.6 Å². The molecule has 2 aromatic carbocycles. The summed E-state index contributed by atoms with van der Waals surface area (Å²) in [7, 11) is 0. The van der Waals surface area contributed by atoms with Gasteiger partial charge in [-0.2, -0.15) is 4.98 Å². The number of fused-ring (bicyclic) bond motifs is 2. The Morgan fingerprint density at radius 2 is 1.90 bits per heavy atom. The van der Waals surface area contributed by atoms with E-state index in [9.17, 15) is 4.79 Å². The first-order valence-corrected chi connectivity index (χ1v) is 9.89. The lowest BCUT2D eigenvalue weighted by atomic mass is 10.1. The Hall–Kier alpha value is -3.32. The molecule has 5 rings (SSSR count). The number of rotatable bonds is 2. The van der Waals surface area contributed by atoms with Gasteiger partial charge in [-0.25, -0.2) is 4.98 Å². The molecule has 3 heterocycles. The summed E-state index contributed by atoms with van der Waals surface area (Å²) in [4.78, 5) is 27.1. The summed E-state index contributed by atoms with van der Waals surface area (Å²) < 4.78 is 2.13. The first-order chi connectivity index (χ1) is 14.0. The molecule has 144 valence electrons. The van der Waals surface area contributed by atoms with E-state index in [0.717, 1.165) is 23.4 Å². The van der Waals surface area contributed by atoms with Crippen LogP contribution < -0.4 is 10.5 Å². The number of hydrogen-bond acceptors (Lipinski definition) is 5. The van der Waals surface area contributed by atoms with Crippen molar-refractivity contribution in [3.63, 3.8) is 0 Å². The summed E-state index contributed by atoms with van der Waals surface area (Å²) in [5.74, 6) is 0.495. The zero-order valence-corrected chi connectivity index (χ0v) is 16.9. The van der Waals surface area contributed by atoms with Crippen molar-refractivity contribution in [3.8, 4) is 5.69 Å². The Labute approximate surface area is 172 Å². The third-order valence-electron chi connectivity index (χ3n) is 5.36. The monoisotopic (exact) mass is 401 g/mol. The van der Waals surface area contributed by atoms with Crippen molar-refractivity contribution in [2.45, 2.75) is 26.3 Å². The number of aromatic amines is 1. The molecule has 29 heavy (non-hydrogen) atoms. The molecule has 1 atom stereocenters. The number of nitrogens with zero attached hydrogens (tertiary/aromatic N) is 4. The van der Waals surface area contributed by atoms with Gasteiger partial charge < -0.3 is 4.90 Å². The van der Waals surface area contributed by atoms with E-state index in [1.165, 1.54) is 5.56 Å². The highest BCUT2D eigenvalue weighted by atomic mass is 32.1. The molecular weight excluding hydrogens is 382 g/mol. The highest BCUT2D eigenvalue weighted by Gasteiger charge is 2.29. The second-order valence-electron chi connectivity index (χ2n) is 7.40. The zero-order chi connectivity index (χ0) is 20.1. The molecular formula is C22H19N5OS. The molecule has 2 aromatic heterocycles. The fourth-order valence-electron chi connectivity index (χ4n) is 3.91. The Kier molecular flexibility index (Phi) is 4.06. The molecule has 0 bridgehead atoms. The smallest absolute Gasteiger partial charge is 0.264 e. The summed E-state index contributed by atoms with van der Waals surface area (Å²) in [6.45, 7) is 4.14. The fraction of sp³-hybridized carbons (Fsp3) is 0.182. The molecule has 0 saturated carbocycles. The number of anilines is 2. The molecule has 4 aromatic rings. The molecule has 0 radical (unpaired) electrons. The first kappa shape index (κ1) is 17.8. The van der Waals surface area contributed by atoms with Crippen molar-refractivity contribution < 1.29 is 0 Å². The number of hydrogen-bond donors (Lipinski definition) is 1. The van der Waals surface area contributed by atoms with Gasteiger partial charge in [0.15, 0.2) is 5.65 Å². The maximum atomic E-state index is 13.0. The van der Waals surface area contributed by atoms with Crippen LogP contribution in [0, 0.1) is 11.6 Å². The largest absolute Gasteiger partial charge is 0.309 e. The van der Waals surface area contributed by atoms with Crippen LogP contribution in [0.4, 0.5) is 11.6 Å². The molecule has 1 aliphatic heterocycles. The predicted molar refractivity (Wildman–Crippen MR) is 117 cm³/mol. The van der Waals surface area contributed by atoms with Crippen molar-refractivity contribution in [2.24, 2.45) is 0 Å². The van der Waals surface area contributed by atoms with E-state index in [-0.39, 0.29) is 11.6 Å². The first-order valence-electron chi connectivity index (χ1n) is 9.49. The lowest BCUT2D eigenvalue weighted by Gasteiger charge is -2.23. The number of aromatic nitrogens is 4. The number of benzene rings is 2. The van der Waals surface area contributed by atoms with Gasteiger partial charge >= 0.3 is 0 Å². The lowest BCUT2D eigenvalue weighted by Crippen LogP contribution is -2.28. The molecule has 0 aliphatic carbocycles. The van der Waals surface area contributed by atoms with Crippen molar-refractivity contribution in [3.05, 3.63) is 81.0 Å². The van der Waals surface area contributed by atoms with Crippen molar-refractivity contribution in [1.82, 2.24) is 19.5 Å². The molecule has 0 amide bonds. The van der Waals surface area contributed by atoms with Crippen LogP contribution in [0.1, 0.15) is 18.1 Å². The number of para-hydroxylation sites is 1. The SMILES string of the molecule is Cc1ccc(-n2cnc3nc(N4c5ccccc5CC4C)[nH]c(=O)c3c2=S)cc1. The second-order valence-corrected chi connectivity index (χ2v) is 7.78. The van der Waals surface area contributed by atoms with Gasteiger partial charge in [0.05, 0.1) is 0 Å². The van der Waals surface area contributed by atoms with Crippen LogP contribution >= 0.6 is 12.2 Å². The minimum atomic E-state index is -0.277.